The molecule has 2 fully saturated rings. The number of phenols is 1. The molecule has 3 aromatic rings. The number of rotatable bonds is 3. The molecule has 10 heteroatoms. The molecule has 3 N–H and O–H groups in total. The van der Waals surface area contributed by atoms with E-state index in [9.17, 15) is 28.3 Å². The van der Waals surface area contributed by atoms with Crippen LogP contribution < -0.4 is 15.5 Å². The second-order valence-electron chi connectivity index (χ2n) is 9.19. The molecule has 182 valence electrons. The highest BCUT2D eigenvalue weighted by atomic mass is 35.5. The number of imide groups is 1. The third-order valence-electron chi connectivity index (χ3n) is 7.23. The summed E-state index contributed by atoms with van der Waals surface area (Å²) >= 11 is 5.92. The molecule has 0 saturated carbocycles. The third-order valence-corrected chi connectivity index (χ3v) is 7.52. The average Bonchev–Trinajstić information content (AvgIpc) is 3.42. The van der Waals surface area contributed by atoms with Crippen molar-refractivity contribution >= 4 is 40.7 Å². The highest BCUT2D eigenvalue weighted by Crippen LogP contribution is 2.54. The molecule has 0 aliphatic carbocycles. The quantitative estimate of drug-likeness (QED) is 0.470. The van der Waals surface area contributed by atoms with Gasteiger partial charge in [-0.3, -0.25) is 19.7 Å². The number of nitrogens with one attached hydrogen (secondary N) is 2. The van der Waals surface area contributed by atoms with E-state index in [2.05, 4.69) is 10.6 Å². The van der Waals surface area contributed by atoms with Gasteiger partial charge in [-0.25, -0.2) is 13.7 Å². The van der Waals surface area contributed by atoms with E-state index in [1.54, 1.807) is 12.1 Å². The Morgan fingerprint density at radius 2 is 1.72 bits per heavy atom. The van der Waals surface area contributed by atoms with Gasteiger partial charge in [0.05, 0.1) is 22.5 Å². The van der Waals surface area contributed by atoms with Crippen molar-refractivity contribution in [2.75, 3.05) is 10.2 Å². The van der Waals surface area contributed by atoms with Gasteiger partial charge in [0.25, 0.3) is 0 Å². The molecule has 3 amide bonds. The lowest BCUT2D eigenvalue weighted by molar-refractivity contribution is -0.130. The third kappa shape index (κ3) is 3.09. The van der Waals surface area contributed by atoms with E-state index in [1.165, 1.54) is 42.5 Å². The first-order chi connectivity index (χ1) is 17.2. The standard InChI is InChI=1S/C26H18ClF2N3O4/c27-17-11-14(4-7-18(17)29)32-23(34)21-20(9-12-1-5-15(33)6-2-12)31-26(22(21)24(32)35)16-10-13(28)3-8-19(16)30-25(26)36/h1-8,10-11,20-22,31,33H,9H2,(H,30,36)/t20?,21-,22+,26?/m1/s1. The second kappa shape index (κ2) is 7.84. The monoisotopic (exact) mass is 509 g/mol. The van der Waals surface area contributed by atoms with E-state index in [0.29, 0.717) is 5.69 Å². The normalized spacial score (nSPS) is 26.5. The Morgan fingerprint density at radius 1 is 0.972 bits per heavy atom. The van der Waals surface area contributed by atoms with Crippen molar-refractivity contribution in [2.45, 2.75) is 18.0 Å². The summed E-state index contributed by atoms with van der Waals surface area (Å²) in [6, 6.07) is 13.0. The Bertz CT molecular complexity index is 1460. The maximum Gasteiger partial charge on any atom is 0.250 e. The van der Waals surface area contributed by atoms with Crippen molar-refractivity contribution < 1.29 is 28.3 Å². The van der Waals surface area contributed by atoms with Gasteiger partial charge >= 0.3 is 0 Å². The van der Waals surface area contributed by atoms with Crippen molar-refractivity contribution in [2.24, 2.45) is 11.8 Å². The summed E-state index contributed by atoms with van der Waals surface area (Å²) in [7, 11) is 0. The first-order valence-electron chi connectivity index (χ1n) is 11.2. The smallest absolute Gasteiger partial charge is 0.250 e. The molecular weight excluding hydrogens is 492 g/mol. The lowest BCUT2D eigenvalue weighted by Gasteiger charge is -2.29. The van der Waals surface area contributed by atoms with Crippen molar-refractivity contribution in [3.63, 3.8) is 0 Å². The SMILES string of the molecule is O=C1[C@@H]2C(Cc3ccc(O)cc3)NC3(C(=O)Nc4ccc(F)cc43)[C@@H]2C(=O)N1c1ccc(F)c(Cl)c1. The van der Waals surface area contributed by atoms with E-state index in [-0.39, 0.29) is 28.4 Å². The number of amides is 3. The molecule has 3 aliphatic rings. The number of fused-ring (bicyclic) bond motifs is 4. The van der Waals surface area contributed by atoms with Gasteiger partial charge in [-0.15, -0.1) is 0 Å². The largest absolute Gasteiger partial charge is 0.508 e. The molecule has 0 radical (unpaired) electrons. The Labute approximate surface area is 208 Å². The van der Waals surface area contributed by atoms with Crippen LogP contribution in [0.15, 0.2) is 60.7 Å². The van der Waals surface area contributed by atoms with Crippen LogP contribution in [-0.2, 0) is 26.3 Å². The highest BCUT2D eigenvalue weighted by molar-refractivity contribution is 6.32. The number of phenolic OH excluding ortho intramolecular Hbond substituents is 1. The molecule has 6 rings (SSSR count). The number of hydrogen-bond donors (Lipinski definition) is 3. The summed E-state index contributed by atoms with van der Waals surface area (Å²) in [6.45, 7) is 0. The Balaban J connectivity index is 1.50. The van der Waals surface area contributed by atoms with E-state index >= 15 is 0 Å². The fraction of sp³-hybridized carbons (Fsp3) is 0.192. The predicted octanol–water partition coefficient (Wildman–Crippen LogP) is 3.49. The molecule has 3 aliphatic heterocycles. The lowest BCUT2D eigenvalue weighted by Crippen LogP contribution is -2.53. The fourth-order valence-electron chi connectivity index (χ4n) is 5.71. The van der Waals surface area contributed by atoms with E-state index < -0.39 is 52.8 Å². The van der Waals surface area contributed by atoms with Crippen molar-refractivity contribution in [1.82, 2.24) is 5.32 Å². The Kier molecular flexibility index (Phi) is 4.93. The first-order valence-corrected chi connectivity index (χ1v) is 11.6. The fourth-order valence-corrected chi connectivity index (χ4v) is 5.89. The maximum atomic E-state index is 14.3. The zero-order chi connectivity index (χ0) is 25.4. The summed E-state index contributed by atoms with van der Waals surface area (Å²) in [6.07, 6.45) is 0.248. The number of hydrogen-bond acceptors (Lipinski definition) is 5. The van der Waals surface area contributed by atoms with Crippen LogP contribution in [0.4, 0.5) is 20.2 Å². The number of nitrogens with zero attached hydrogens (tertiary/aromatic N) is 1. The first kappa shape index (κ1) is 22.6. The molecule has 4 atom stereocenters. The van der Waals surface area contributed by atoms with Crippen LogP contribution in [0.25, 0.3) is 0 Å². The Hall–Kier alpha value is -3.82. The molecule has 1 spiro atoms. The zero-order valence-electron chi connectivity index (χ0n) is 18.5. The van der Waals surface area contributed by atoms with Gasteiger partial charge in [0.15, 0.2) is 0 Å². The van der Waals surface area contributed by atoms with Crippen LogP contribution in [0.3, 0.4) is 0 Å². The summed E-state index contributed by atoms with van der Waals surface area (Å²) in [5, 5.41) is 15.3. The van der Waals surface area contributed by atoms with Crippen molar-refractivity contribution in [1.29, 1.82) is 0 Å². The van der Waals surface area contributed by atoms with E-state index in [0.717, 1.165) is 16.5 Å². The molecule has 3 aromatic carbocycles. The van der Waals surface area contributed by atoms with Crippen LogP contribution in [0.1, 0.15) is 11.1 Å². The van der Waals surface area contributed by atoms with Crippen molar-refractivity contribution in [3.8, 4) is 5.75 Å². The molecule has 36 heavy (non-hydrogen) atoms. The molecule has 2 unspecified atom stereocenters. The molecule has 3 heterocycles. The minimum absolute atomic E-state index is 0.0681. The topological polar surface area (TPSA) is 98.7 Å². The zero-order valence-corrected chi connectivity index (χ0v) is 19.2. The number of aromatic hydroxyl groups is 1. The predicted molar refractivity (Wildman–Crippen MR) is 126 cm³/mol. The van der Waals surface area contributed by atoms with Gasteiger partial charge in [0.2, 0.25) is 17.7 Å². The van der Waals surface area contributed by atoms with Gasteiger partial charge in [0, 0.05) is 17.3 Å². The molecule has 7 nitrogen and oxygen atoms in total. The lowest BCUT2D eigenvalue weighted by atomic mass is 9.76. The molecule has 0 bridgehead atoms. The van der Waals surface area contributed by atoms with Crippen LogP contribution in [0.5, 0.6) is 5.75 Å². The number of halogens is 3. The Morgan fingerprint density at radius 3 is 2.44 bits per heavy atom. The molecular formula is C26H18ClF2N3O4. The van der Waals surface area contributed by atoms with Gasteiger partial charge < -0.3 is 10.4 Å². The summed E-state index contributed by atoms with van der Waals surface area (Å²) in [5.74, 6) is -5.19. The maximum absolute atomic E-state index is 14.3. The van der Waals surface area contributed by atoms with E-state index in [4.69, 9.17) is 11.6 Å². The van der Waals surface area contributed by atoms with Crippen molar-refractivity contribution in [3.05, 3.63) is 88.4 Å². The van der Waals surface area contributed by atoms with Gasteiger partial charge in [-0.2, -0.15) is 0 Å². The average molecular weight is 510 g/mol. The second-order valence-corrected chi connectivity index (χ2v) is 9.59. The minimum Gasteiger partial charge on any atom is -0.508 e. The van der Waals surface area contributed by atoms with Gasteiger partial charge in [-0.05, 0) is 60.5 Å². The number of carbonyl (C=O) groups is 3. The minimum atomic E-state index is -1.69. The summed E-state index contributed by atoms with van der Waals surface area (Å²) in [5.41, 5.74) is -0.253. The van der Waals surface area contributed by atoms with Gasteiger partial charge in [0.1, 0.15) is 22.9 Å². The van der Waals surface area contributed by atoms with Crippen LogP contribution in [-0.4, -0.2) is 28.9 Å². The highest BCUT2D eigenvalue weighted by Gasteiger charge is 2.70. The number of carbonyl (C=O) groups excluding carboxylic acids is 3. The summed E-state index contributed by atoms with van der Waals surface area (Å²) < 4.78 is 28.1. The number of benzene rings is 3. The summed E-state index contributed by atoms with van der Waals surface area (Å²) in [4.78, 5) is 42.0. The van der Waals surface area contributed by atoms with Crippen LogP contribution in [0.2, 0.25) is 5.02 Å². The molecule has 2 saturated heterocycles. The number of anilines is 2. The van der Waals surface area contributed by atoms with Crippen LogP contribution in [0, 0.1) is 23.5 Å². The van der Waals surface area contributed by atoms with Crippen LogP contribution >= 0.6 is 11.6 Å². The molecule has 0 aromatic heterocycles. The van der Waals surface area contributed by atoms with E-state index in [1.807, 2.05) is 0 Å². The van der Waals surface area contributed by atoms with Gasteiger partial charge in [-0.1, -0.05) is 23.7 Å².